The van der Waals surface area contributed by atoms with E-state index < -0.39 is 23.3 Å². The first kappa shape index (κ1) is 25.4. The zero-order valence-corrected chi connectivity index (χ0v) is 21.2. The van der Waals surface area contributed by atoms with E-state index in [1.807, 2.05) is 0 Å². The van der Waals surface area contributed by atoms with Crippen LogP contribution in [0.2, 0.25) is 0 Å². The number of nitrogens with zero attached hydrogens (tertiary/aromatic N) is 3. The standard InChI is InChI=1S/C28H27F2N5O4/c1-28(37)7-8-38-14-23(28)35(11-16-6-5-15(10-32-16)24-19(29)3-2-4-20(24)30)27(36)22-9-21-25(33-22)17-12-39-13-18(17)26(31)34-21/h2-6,9-10,23,33,37H,7-8,11-14H2,1H3,(H2,31,34)/t23-,28-/m1/s1. The lowest BCUT2D eigenvalue weighted by Crippen LogP contribution is -2.58. The number of anilines is 1. The number of H-pyrrole nitrogens is 1. The van der Waals surface area contributed by atoms with Crippen LogP contribution in [0.3, 0.4) is 0 Å². The Labute approximate surface area is 222 Å². The zero-order chi connectivity index (χ0) is 27.3. The number of fused-ring (bicyclic) bond motifs is 3. The minimum absolute atomic E-state index is 0.0230. The molecule has 0 aliphatic carbocycles. The Balaban J connectivity index is 1.36. The molecule has 1 saturated heterocycles. The number of hydrogen-bond donors (Lipinski definition) is 3. The fraction of sp³-hybridized carbons (Fsp3) is 0.321. The van der Waals surface area contributed by atoms with Gasteiger partial charge in [0.2, 0.25) is 0 Å². The first-order chi connectivity index (χ1) is 18.7. The number of aliphatic hydroxyl groups is 1. The second-order valence-corrected chi connectivity index (χ2v) is 10.2. The second kappa shape index (κ2) is 9.67. The number of pyridine rings is 2. The lowest BCUT2D eigenvalue weighted by molar-refractivity contribution is -0.112. The van der Waals surface area contributed by atoms with Crippen LogP contribution in [0, 0.1) is 11.6 Å². The third kappa shape index (κ3) is 4.52. The van der Waals surface area contributed by atoms with Crippen molar-refractivity contribution in [3.63, 3.8) is 0 Å². The smallest absolute Gasteiger partial charge is 0.271 e. The number of aromatic nitrogens is 3. The molecular weight excluding hydrogens is 508 g/mol. The average molecular weight is 536 g/mol. The highest BCUT2D eigenvalue weighted by Gasteiger charge is 2.42. The molecule has 2 aliphatic rings. The van der Waals surface area contributed by atoms with E-state index in [4.69, 9.17) is 15.2 Å². The zero-order valence-electron chi connectivity index (χ0n) is 21.2. The summed E-state index contributed by atoms with van der Waals surface area (Å²) in [5.74, 6) is -1.41. The summed E-state index contributed by atoms with van der Waals surface area (Å²) in [6, 6.07) is 7.79. The van der Waals surface area contributed by atoms with Gasteiger partial charge in [-0.1, -0.05) is 12.1 Å². The highest BCUT2D eigenvalue weighted by Crippen LogP contribution is 2.33. The molecule has 5 heterocycles. The van der Waals surface area contributed by atoms with Crippen molar-refractivity contribution in [1.29, 1.82) is 0 Å². The van der Waals surface area contributed by atoms with E-state index >= 15 is 0 Å². The van der Waals surface area contributed by atoms with Crippen molar-refractivity contribution in [2.75, 3.05) is 18.9 Å². The number of amides is 1. The minimum Gasteiger partial charge on any atom is -0.388 e. The number of ether oxygens (including phenoxy) is 2. The number of benzene rings is 1. The van der Waals surface area contributed by atoms with Gasteiger partial charge < -0.3 is 30.2 Å². The summed E-state index contributed by atoms with van der Waals surface area (Å²) in [5.41, 5.74) is 8.63. The number of hydrogen-bond acceptors (Lipinski definition) is 7. The maximum atomic E-state index is 14.3. The summed E-state index contributed by atoms with van der Waals surface area (Å²) in [5, 5.41) is 11.2. The van der Waals surface area contributed by atoms with Crippen molar-refractivity contribution in [3.8, 4) is 11.1 Å². The van der Waals surface area contributed by atoms with Gasteiger partial charge in [-0.05, 0) is 31.2 Å². The van der Waals surface area contributed by atoms with Gasteiger partial charge in [0.25, 0.3) is 5.91 Å². The maximum Gasteiger partial charge on any atom is 0.271 e. The predicted molar refractivity (Wildman–Crippen MR) is 138 cm³/mol. The number of nitrogen functional groups attached to an aromatic ring is 1. The SMILES string of the molecule is C[C@@]1(O)CCOC[C@H]1N(Cc1ccc(-c2c(F)cccc2F)cn1)C(=O)c1cc2nc(N)c3c(c2[nH]1)COC3. The molecule has 11 heteroatoms. The topological polar surface area (TPSA) is 127 Å². The molecule has 0 unspecified atom stereocenters. The summed E-state index contributed by atoms with van der Waals surface area (Å²) in [6.45, 7) is 2.92. The van der Waals surface area contributed by atoms with E-state index in [0.29, 0.717) is 48.8 Å². The van der Waals surface area contributed by atoms with Crippen LogP contribution < -0.4 is 5.73 Å². The molecule has 4 N–H and O–H groups in total. The Morgan fingerprint density at radius 2 is 1.97 bits per heavy atom. The molecule has 0 bridgehead atoms. The Bertz CT molecular complexity index is 1550. The van der Waals surface area contributed by atoms with Crippen LogP contribution in [-0.4, -0.2) is 55.7 Å². The lowest BCUT2D eigenvalue weighted by Gasteiger charge is -2.43. The monoisotopic (exact) mass is 535 g/mol. The molecular formula is C28H27F2N5O4. The third-order valence-electron chi connectivity index (χ3n) is 7.53. The highest BCUT2D eigenvalue weighted by atomic mass is 19.1. The predicted octanol–water partition coefficient (Wildman–Crippen LogP) is 3.70. The van der Waals surface area contributed by atoms with Crippen LogP contribution in [0.1, 0.15) is 40.7 Å². The molecule has 2 aliphatic heterocycles. The van der Waals surface area contributed by atoms with Gasteiger partial charge in [0.15, 0.2) is 0 Å². The first-order valence-electron chi connectivity index (χ1n) is 12.6. The Kier molecular flexibility index (Phi) is 6.29. The summed E-state index contributed by atoms with van der Waals surface area (Å²) < 4.78 is 39.7. The molecule has 202 valence electrons. The fourth-order valence-corrected chi connectivity index (χ4v) is 5.29. The van der Waals surface area contributed by atoms with E-state index in [1.54, 1.807) is 25.1 Å². The van der Waals surface area contributed by atoms with Gasteiger partial charge >= 0.3 is 0 Å². The summed E-state index contributed by atoms with van der Waals surface area (Å²) in [7, 11) is 0. The Morgan fingerprint density at radius 1 is 1.21 bits per heavy atom. The summed E-state index contributed by atoms with van der Waals surface area (Å²) in [6.07, 6.45) is 1.71. The van der Waals surface area contributed by atoms with Crippen LogP contribution in [0.15, 0.2) is 42.6 Å². The van der Waals surface area contributed by atoms with E-state index in [-0.39, 0.29) is 35.9 Å². The van der Waals surface area contributed by atoms with Gasteiger partial charge in [-0.3, -0.25) is 9.78 Å². The normalized spacial score (nSPS) is 20.8. The maximum absolute atomic E-state index is 14.3. The molecule has 0 saturated carbocycles. The van der Waals surface area contributed by atoms with Crippen LogP contribution in [0.5, 0.6) is 0 Å². The lowest BCUT2D eigenvalue weighted by atomic mass is 9.90. The number of carbonyl (C=O) groups excluding carboxylic acids is 1. The largest absolute Gasteiger partial charge is 0.388 e. The van der Waals surface area contributed by atoms with Gasteiger partial charge in [0.1, 0.15) is 23.1 Å². The van der Waals surface area contributed by atoms with Crippen molar-refractivity contribution in [1.82, 2.24) is 19.9 Å². The van der Waals surface area contributed by atoms with Crippen LogP contribution in [-0.2, 0) is 29.2 Å². The molecule has 1 amide bonds. The van der Waals surface area contributed by atoms with Crippen LogP contribution in [0.25, 0.3) is 22.2 Å². The first-order valence-corrected chi connectivity index (χ1v) is 12.6. The quantitative estimate of drug-likeness (QED) is 0.356. The molecule has 3 aromatic heterocycles. The molecule has 0 spiro atoms. The van der Waals surface area contributed by atoms with Crippen molar-refractivity contribution < 1.29 is 28.2 Å². The number of nitrogens with two attached hydrogens (primary N) is 1. The second-order valence-electron chi connectivity index (χ2n) is 10.2. The number of carbonyl (C=O) groups is 1. The van der Waals surface area contributed by atoms with Crippen molar-refractivity contribution in [2.45, 2.75) is 44.7 Å². The molecule has 1 aromatic carbocycles. The summed E-state index contributed by atoms with van der Waals surface area (Å²) in [4.78, 5) is 27.5. The Hall–Kier alpha value is -3.93. The van der Waals surface area contributed by atoms with Gasteiger partial charge in [0, 0.05) is 35.9 Å². The van der Waals surface area contributed by atoms with E-state index in [0.717, 1.165) is 11.1 Å². The highest BCUT2D eigenvalue weighted by molar-refractivity contribution is 5.98. The van der Waals surface area contributed by atoms with Gasteiger partial charge in [-0.25, -0.2) is 13.8 Å². The van der Waals surface area contributed by atoms with Crippen molar-refractivity contribution in [2.24, 2.45) is 0 Å². The van der Waals surface area contributed by atoms with E-state index in [2.05, 4.69) is 15.0 Å². The molecule has 9 nitrogen and oxygen atoms in total. The number of aromatic amines is 1. The molecule has 1 fully saturated rings. The Morgan fingerprint density at radius 3 is 2.69 bits per heavy atom. The summed E-state index contributed by atoms with van der Waals surface area (Å²) >= 11 is 0. The van der Waals surface area contributed by atoms with E-state index in [9.17, 15) is 18.7 Å². The number of rotatable bonds is 5. The average Bonchev–Trinajstić information content (AvgIpc) is 3.56. The minimum atomic E-state index is -1.21. The molecule has 6 rings (SSSR count). The number of halogens is 2. The van der Waals surface area contributed by atoms with Gasteiger partial charge in [-0.15, -0.1) is 0 Å². The van der Waals surface area contributed by atoms with Crippen LogP contribution in [0.4, 0.5) is 14.6 Å². The molecule has 0 radical (unpaired) electrons. The molecule has 2 atom stereocenters. The van der Waals surface area contributed by atoms with Gasteiger partial charge in [0.05, 0.1) is 60.3 Å². The van der Waals surface area contributed by atoms with E-state index in [1.165, 1.54) is 29.3 Å². The van der Waals surface area contributed by atoms with Crippen molar-refractivity contribution in [3.05, 3.63) is 76.7 Å². The molecule has 4 aromatic rings. The number of nitrogens with one attached hydrogen (secondary N) is 1. The molecule has 39 heavy (non-hydrogen) atoms. The van der Waals surface area contributed by atoms with Crippen LogP contribution >= 0.6 is 0 Å². The van der Waals surface area contributed by atoms with Gasteiger partial charge in [-0.2, -0.15) is 0 Å². The fourth-order valence-electron chi connectivity index (χ4n) is 5.29. The third-order valence-corrected chi connectivity index (χ3v) is 7.53. The van der Waals surface area contributed by atoms with Crippen molar-refractivity contribution >= 4 is 22.8 Å².